The third-order valence-corrected chi connectivity index (χ3v) is 4.35. The lowest BCUT2D eigenvalue weighted by Gasteiger charge is -2.37. The van der Waals surface area contributed by atoms with E-state index in [0.29, 0.717) is 6.04 Å². The third kappa shape index (κ3) is 3.37. The number of aryl methyl sites for hydroxylation is 2. The van der Waals surface area contributed by atoms with E-state index in [-0.39, 0.29) is 5.60 Å². The van der Waals surface area contributed by atoms with Crippen molar-refractivity contribution in [2.75, 3.05) is 13.7 Å². The molecule has 1 aromatic rings. The van der Waals surface area contributed by atoms with E-state index in [4.69, 9.17) is 4.74 Å². The monoisotopic (exact) mass is 265 g/mol. The Morgan fingerprint density at radius 3 is 2.74 bits per heavy atom. The van der Waals surface area contributed by atoms with Crippen LogP contribution in [0.5, 0.6) is 0 Å². The van der Waals surface area contributed by atoms with Crippen LogP contribution in [0.1, 0.15) is 44.6 Å². The number of hydrogen-bond donors (Lipinski definition) is 1. The quantitative estimate of drug-likeness (QED) is 0.822. The number of ether oxygens (including phenoxy) is 1. The van der Waals surface area contributed by atoms with Crippen LogP contribution < -0.4 is 5.32 Å². The number of nitrogens with zero attached hydrogens (tertiary/aromatic N) is 2. The van der Waals surface area contributed by atoms with Crippen molar-refractivity contribution in [3.63, 3.8) is 0 Å². The first kappa shape index (κ1) is 14.5. The van der Waals surface area contributed by atoms with E-state index in [0.717, 1.165) is 19.4 Å². The summed E-state index contributed by atoms with van der Waals surface area (Å²) >= 11 is 0. The highest BCUT2D eigenvalue weighted by Gasteiger charge is 2.41. The molecule has 19 heavy (non-hydrogen) atoms. The van der Waals surface area contributed by atoms with Gasteiger partial charge in [-0.3, -0.25) is 4.68 Å². The minimum absolute atomic E-state index is 0.0612. The first-order valence-electron chi connectivity index (χ1n) is 7.49. The van der Waals surface area contributed by atoms with Crippen LogP contribution in [0.25, 0.3) is 0 Å². The molecule has 1 fully saturated rings. The number of aromatic nitrogens is 2. The second kappa shape index (κ2) is 6.53. The van der Waals surface area contributed by atoms with E-state index in [2.05, 4.69) is 30.6 Å². The Morgan fingerprint density at radius 2 is 2.21 bits per heavy atom. The van der Waals surface area contributed by atoms with Gasteiger partial charge in [0.25, 0.3) is 0 Å². The zero-order chi connectivity index (χ0) is 13.7. The summed E-state index contributed by atoms with van der Waals surface area (Å²) in [5.41, 5.74) is 1.37. The van der Waals surface area contributed by atoms with Crippen LogP contribution in [-0.4, -0.2) is 35.1 Å². The molecule has 4 heteroatoms. The van der Waals surface area contributed by atoms with Gasteiger partial charge in [0.1, 0.15) is 0 Å². The predicted molar refractivity (Wildman–Crippen MR) is 77.2 cm³/mol. The maximum absolute atomic E-state index is 6.15. The fourth-order valence-corrected chi connectivity index (χ4v) is 3.44. The summed E-state index contributed by atoms with van der Waals surface area (Å²) < 4.78 is 8.03. The smallest absolute Gasteiger partial charge is 0.0834 e. The molecule has 0 spiro atoms. The maximum Gasteiger partial charge on any atom is 0.0834 e. The van der Waals surface area contributed by atoms with Gasteiger partial charge >= 0.3 is 0 Å². The van der Waals surface area contributed by atoms with Crippen molar-refractivity contribution in [3.05, 3.63) is 18.0 Å². The zero-order valence-electron chi connectivity index (χ0n) is 12.5. The second-order valence-corrected chi connectivity index (χ2v) is 5.61. The van der Waals surface area contributed by atoms with E-state index in [9.17, 15) is 0 Å². The molecule has 108 valence electrons. The molecular formula is C15H27N3O. The zero-order valence-corrected chi connectivity index (χ0v) is 12.5. The molecule has 1 atom stereocenters. The molecule has 1 saturated carbocycles. The van der Waals surface area contributed by atoms with Crippen LogP contribution in [-0.2, 0) is 18.2 Å². The molecule has 1 unspecified atom stereocenters. The van der Waals surface area contributed by atoms with Gasteiger partial charge in [0, 0.05) is 25.9 Å². The lowest BCUT2D eigenvalue weighted by Crippen LogP contribution is -2.50. The average molecular weight is 265 g/mol. The fourth-order valence-electron chi connectivity index (χ4n) is 3.44. The molecule has 0 bridgehead atoms. The molecule has 4 nitrogen and oxygen atoms in total. The molecule has 1 N–H and O–H groups in total. The molecule has 2 rings (SSSR count). The van der Waals surface area contributed by atoms with Crippen LogP contribution >= 0.6 is 0 Å². The van der Waals surface area contributed by atoms with Crippen LogP contribution in [0, 0.1) is 0 Å². The van der Waals surface area contributed by atoms with Gasteiger partial charge in [-0.05, 0) is 45.2 Å². The highest BCUT2D eigenvalue weighted by molar-refractivity contribution is 5.06. The van der Waals surface area contributed by atoms with E-state index in [1.165, 1.54) is 31.2 Å². The van der Waals surface area contributed by atoms with Crippen molar-refractivity contribution in [1.82, 2.24) is 15.1 Å². The van der Waals surface area contributed by atoms with Gasteiger partial charge in [0.2, 0.25) is 0 Å². The van der Waals surface area contributed by atoms with Gasteiger partial charge in [-0.15, -0.1) is 0 Å². The molecule has 1 aromatic heterocycles. The largest absolute Gasteiger partial charge is 0.374 e. The van der Waals surface area contributed by atoms with Crippen molar-refractivity contribution in [1.29, 1.82) is 0 Å². The van der Waals surface area contributed by atoms with Crippen molar-refractivity contribution < 1.29 is 4.74 Å². The third-order valence-electron chi connectivity index (χ3n) is 4.35. The second-order valence-electron chi connectivity index (χ2n) is 5.61. The molecule has 0 aliphatic heterocycles. The highest BCUT2D eigenvalue weighted by atomic mass is 16.5. The summed E-state index contributed by atoms with van der Waals surface area (Å²) in [6, 6.07) is 0.440. The number of rotatable bonds is 7. The van der Waals surface area contributed by atoms with E-state index in [1.54, 1.807) is 0 Å². The Kier molecular flexibility index (Phi) is 4.99. The van der Waals surface area contributed by atoms with Crippen LogP contribution in [0.15, 0.2) is 12.4 Å². The normalized spacial score (nSPS) is 19.7. The van der Waals surface area contributed by atoms with Crippen molar-refractivity contribution >= 4 is 0 Å². The Labute approximate surface area is 116 Å². The van der Waals surface area contributed by atoms with Crippen molar-refractivity contribution in [2.24, 2.45) is 7.05 Å². The molecule has 0 aromatic carbocycles. The van der Waals surface area contributed by atoms with Gasteiger partial charge < -0.3 is 10.1 Å². The summed E-state index contributed by atoms with van der Waals surface area (Å²) in [7, 11) is 4.03. The Morgan fingerprint density at radius 1 is 1.47 bits per heavy atom. The highest BCUT2D eigenvalue weighted by Crippen LogP contribution is 2.37. The molecule has 0 saturated heterocycles. The lowest BCUT2D eigenvalue weighted by molar-refractivity contribution is -0.0615. The Hall–Kier alpha value is -0.870. The minimum atomic E-state index is 0.0612. The summed E-state index contributed by atoms with van der Waals surface area (Å²) in [5, 5.41) is 7.73. The average Bonchev–Trinajstić information content (AvgIpc) is 3.01. The van der Waals surface area contributed by atoms with E-state index >= 15 is 0 Å². The van der Waals surface area contributed by atoms with Gasteiger partial charge in [-0.25, -0.2) is 0 Å². The Bertz CT molecular complexity index is 382. The summed E-state index contributed by atoms with van der Waals surface area (Å²) in [5.74, 6) is 0. The number of likely N-dealkylation sites (N-methyl/N-ethyl adjacent to an activating group) is 1. The fraction of sp³-hybridized carbons (Fsp3) is 0.800. The first-order chi connectivity index (χ1) is 9.20. The van der Waals surface area contributed by atoms with Crippen LogP contribution in [0.3, 0.4) is 0 Å². The molecule has 1 aliphatic rings. The van der Waals surface area contributed by atoms with Gasteiger partial charge in [0.05, 0.1) is 11.8 Å². The van der Waals surface area contributed by atoms with E-state index < -0.39 is 0 Å². The Balaban J connectivity index is 1.97. The van der Waals surface area contributed by atoms with Crippen LogP contribution in [0.4, 0.5) is 0 Å². The standard InChI is InChI=1S/C15H27N3O/c1-4-19-15(9-5-6-10-15)14(16-2)8-7-13-11-17-18(3)12-13/h11-12,14,16H,4-10H2,1-3H3. The van der Waals surface area contributed by atoms with E-state index in [1.807, 2.05) is 17.9 Å². The summed E-state index contributed by atoms with van der Waals surface area (Å²) in [4.78, 5) is 0. The molecule has 0 radical (unpaired) electrons. The first-order valence-corrected chi connectivity index (χ1v) is 7.49. The predicted octanol–water partition coefficient (Wildman–Crippen LogP) is 2.29. The lowest BCUT2D eigenvalue weighted by atomic mass is 9.88. The number of hydrogen-bond acceptors (Lipinski definition) is 3. The van der Waals surface area contributed by atoms with Gasteiger partial charge in [0.15, 0.2) is 0 Å². The SMILES string of the molecule is CCOC1(C(CCc2cnn(C)c2)NC)CCCC1. The minimum Gasteiger partial charge on any atom is -0.374 e. The topological polar surface area (TPSA) is 39.1 Å². The van der Waals surface area contributed by atoms with Crippen LogP contribution in [0.2, 0.25) is 0 Å². The molecule has 0 amide bonds. The molecular weight excluding hydrogens is 238 g/mol. The molecule has 1 aliphatic carbocycles. The van der Waals surface area contributed by atoms with Crippen molar-refractivity contribution in [2.45, 2.75) is 57.1 Å². The van der Waals surface area contributed by atoms with Gasteiger partial charge in [-0.2, -0.15) is 5.10 Å². The molecule has 1 heterocycles. The van der Waals surface area contributed by atoms with Gasteiger partial charge in [-0.1, -0.05) is 12.8 Å². The summed E-state index contributed by atoms with van der Waals surface area (Å²) in [6.45, 7) is 2.92. The number of nitrogens with one attached hydrogen (secondary N) is 1. The summed E-state index contributed by atoms with van der Waals surface area (Å²) in [6.07, 6.45) is 11.2. The maximum atomic E-state index is 6.15. The van der Waals surface area contributed by atoms with Crippen molar-refractivity contribution in [3.8, 4) is 0 Å².